The van der Waals surface area contributed by atoms with Gasteiger partial charge in [-0.25, -0.2) is 4.39 Å². The number of nitrogens with zero attached hydrogens (tertiary/aromatic N) is 1. The van der Waals surface area contributed by atoms with E-state index < -0.39 is 5.82 Å². The van der Waals surface area contributed by atoms with Crippen molar-refractivity contribution in [3.63, 3.8) is 0 Å². The first-order valence-corrected chi connectivity index (χ1v) is 9.04. The van der Waals surface area contributed by atoms with Crippen molar-refractivity contribution < 1.29 is 18.7 Å². The number of nitrogens with one attached hydrogen (secondary N) is 1. The number of carbonyl (C=O) groups is 2. The number of Topliss-reactive ketones (excluding diaryl/α,β-unsaturated/α-hetero) is 1. The summed E-state index contributed by atoms with van der Waals surface area (Å²) >= 11 is 0. The Hall–Kier alpha value is -2.57. The second-order valence-corrected chi connectivity index (χ2v) is 6.54. The van der Waals surface area contributed by atoms with Crippen LogP contribution < -0.4 is 5.32 Å². The van der Waals surface area contributed by atoms with Crippen LogP contribution in [-0.2, 0) is 4.74 Å². The number of amides is 1. The van der Waals surface area contributed by atoms with E-state index in [9.17, 15) is 14.0 Å². The number of carbonyl (C=O) groups excluding carboxylic acids is 2. The predicted octanol–water partition coefficient (Wildman–Crippen LogP) is 2.76. The third kappa shape index (κ3) is 4.99. The van der Waals surface area contributed by atoms with Gasteiger partial charge < -0.3 is 10.1 Å². The summed E-state index contributed by atoms with van der Waals surface area (Å²) in [6.07, 6.45) is 0. The van der Waals surface area contributed by atoms with E-state index in [0.717, 1.165) is 32.8 Å². The monoisotopic (exact) mass is 370 g/mol. The fourth-order valence-corrected chi connectivity index (χ4v) is 3.14. The molecule has 0 aromatic heterocycles. The molecule has 0 bridgehead atoms. The second-order valence-electron chi connectivity index (χ2n) is 6.54. The lowest BCUT2D eigenvalue weighted by atomic mass is 9.96. The van der Waals surface area contributed by atoms with Crippen LogP contribution in [0.4, 0.5) is 4.39 Å². The van der Waals surface area contributed by atoms with Crippen LogP contribution in [0, 0.1) is 5.82 Å². The molecule has 1 aliphatic rings. The Bertz CT molecular complexity index is 832. The molecule has 1 aliphatic heterocycles. The molecule has 6 heteroatoms. The average molecular weight is 370 g/mol. The highest BCUT2D eigenvalue weighted by atomic mass is 19.1. The molecule has 0 saturated carbocycles. The molecular formula is C21H23FN2O3. The zero-order valence-corrected chi connectivity index (χ0v) is 15.3. The molecule has 142 valence electrons. The van der Waals surface area contributed by atoms with E-state index >= 15 is 0 Å². The summed E-state index contributed by atoms with van der Waals surface area (Å²) < 4.78 is 19.0. The van der Waals surface area contributed by atoms with E-state index in [-0.39, 0.29) is 11.7 Å². The van der Waals surface area contributed by atoms with Crippen molar-refractivity contribution in [2.24, 2.45) is 0 Å². The molecule has 1 N–H and O–H groups in total. The smallest absolute Gasteiger partial charge is 0.251 e. The fraction of sp³-hybridized carbons (Fsp3) is 0.333. The van der Waals surface area contributed by atoms with Gasteiger partial charge in [0, 0.05) is 37.3 Å². The third-order valence-electron chi connectivity index (χ3n) is 4.61. The van der Waals surface area contributed by atoms with Crippen LogP contribution in [0.5, 0.6) is 0 Å². The van der Waals surface area contributed by atoms with Crippen LogP contribution in [0.25, 0.3) is 11.1 Å². The number of benzene rings is 2. The minimum atomic E-state index is -0.421. The van der Waals surface area contributed by atoms with Gasteiger partial charge in [-0.1, -0.05) is 12.1 Å². The molecule has 0 aliphatic carbocycles. The number of ether oxygens (including phenoxy) is 1. The highest BCUT2D eigenvalue weighted by Gasteiger charge is 2.14. The maximum absolute atomic E-state index is 13.7. The van der Waals surface area contributed by atoms with Crippen LogP contribution in [0.1, 0.15) is 27.6 Å². The highest BCUT2D eigenvalue weighted by molar-refractivity contribution is 6.02. The van der Waals surface area contributed by atoms with Gasteiger partial charge in [-0.05, 0) is 48.4 Å². The first kappa shape index (κ1) is 19.2. The second kappa shape index (κ2) is 8.88. The molecule has 5 nitrogen and oxygen atoms in total. The third-order valence-corrected chi connectivity index (χ3v) is 4.61. The lowest BCUT2D eigenvalue weighted by Crippen LogP contribution is -2.41. The van der Waals surface area contributed by atoms with Crippen LogP contribution in [-0.4, -0.2) is 56.0 Å². The van der Waals surface area contributed by atoms with E-state index in [1.54, 1.807) is 24.3 Å². The molecule has 1 saturated heterocycles. The van der Waals surface area contributed by atoms with E-state index in [4.69, 9.17) is 4.74 Å². The number of ketones is 1. The summed E-state index contributed by atoms with van der Waals surface area (Å²) in [5.41, 5.74) is 2.04. The molecular weight excluding hydrogens is 347 g/mol. The van der Waals surface area contributed by atoms with Gasteiger partial charge >= 0.3 is 0 Å². The molecule has 27 heavy (non-hydrogen) atoms. The SMILES string of the molecule is CC(=O)c1ccc(F)cc1-c1cccc(C(=O)NCCN2CCOCC2)c1. The first-order chi connectivity index (χ1) is 13.0. The minimum Gasteiger partial charge on any atom is -0.379 e. The summed E-state index contributed by atoms with van der Waals surface area (Å²) in [6, 6.07) is 11.0. The standard InChI is InChI=1S/C21H23FN2O3/c1-15(25)19-6-5-18(22)14-20(19)16-3-2-4-17(13-16)21(26)23-7-8-24-9-11-27-12-10-24/h2-6,13-14H,7-12H2,1H3,(H,23,26). The molecule has 0 radical (unpaired) electrons. The number of rotatable bonds is 6. The van der Waals surface area contributed by atoms with Crippen LogP contribution in [0.15, 0.2) is 42.5 Å². The van der Waals surface area contributed by atoms with Crippen LogP contribution in [0.3, 0.4) is 0 Å². The van der Waals surface area contributed by atoms with E-state index in [2.05, 4.69) is 10.2 Å². The Kier molecular flexibility index (Phi) is 6.32. The number of halogens is 1. The zero-order chi connectivity index (χ0) is 19.2. The van der Waals surface area contributed by atoms with Gasteiger partial charge in [-0.15, -0.1) is 0 Å². The molecule has 0 unspecified atom stereocenters. The molecule has 1 fully saturated rings. The zero-order valence-electron chi connectivity index (χ0n) is 15.3. The molecule has 0 spiro atoms. The van der Waals surface area contributed by atoms with Crippen LogP contribution in [0.2, 0.25) is 0 Å². The van der Waals surface area contributed by atoms with E-state index in [1.807, 2.05) is 0 Å². The Labute approximate surface area is 158 Å². The van der Waals surface area contributed by atoms with Gasteiger partial charge in [0.1, 0.15) is 5.82 Å². The maximum Gasteiger partial charge on any atom is 0.251 e. The summed E-state index contributed by atoms with van der Waals surface area (Å²) in [5.74, 6) is -0.758. The van der Waals surface area contributed by atoms with Gasteiger partial charge in [0.2, 0.25) is 0 Å². The van der Waals surface area contributed by atoms with Crippen molar-refractivity contribution in [1.82, 2.24) is 10.2 Å². The molecule has 0 atom stereocenters. The molecule has 2 aromatic rings. The van der Waals surface area contributed by atoms with Gasteiger partial charge in [0.25, 0.3) is 5.91 Å². The number of hydrogen-bond donors (Lipinski definition) is 1. The van der Waals surface area contributed by atoms with Gasteiger partial charge in [-0.3, -0.25) is 14.5 Å². The van der Waals surface area contributed by atoms with Crippen LogP contribution >= 0.6 is 0 Å². The lowest BCUT2D eigenvalue weighted by Gasteiger charge is -2.26. The molecule has 1 amide bonds. The van der Waals surface area contributed by atoms with Crippen molar-refractivity contribution in [2.45, 2.75) is 6.92 Å². The van der Waals surface area contributed by atoms with Crippen molar-refractivity contribution >= 4 is 11.7 Å². The van der Waals surface area contributed by atoms with Crippen molar-refractivity contribution in [3.05, 3.63) is 59.4 Å². The Morgan fingerprint density at radius 1 is 1.15 bits per heavy atom. The van der Waals surface area contributed by atoms with Gasteiger partial charge in [0.15, 0.2) is 5.78 Å². The molecule has 1 heterocycles. The van der Waals surface area contributed by atoms with Crippen molar-refractivity contribution in [1.29, 1.82) is 0 Å². The van der Waals surface area contributed by atoms with E-state index in [1.165, 1.54) is 25.1 Å². The quantitative estimate of drug-likeness (QED) is 0.795. The highest BCUT2D eigenvalue weighted by Crippen LogP contribution is 2.26. The van der Waals surface area contributed by atoms with E-state index in [0.29, 0.717) is 28.8 Å². The minimum absolute atomic E-state index is 0.148. The summed E-state index contributed by atoms with van der Waals surface area (Å²) in [7, 11) is 0. The van der Waals surface area contributed by atoms with Gasteiger partial charge in [0.05, 0.1) is 13.2 Å². The van der Waals surface area contributed by atoms with Crippen molar-refractivity contribution in [2.75, 3.05) is 39.4 Å². The normalized spacial score (nSPS) is 14.7. The fourth-order valence-electron chi connectivity index (χ4n) is 3.14. The number of hydrogen-bond acceptors (Lipinski definition) is 4. The number of morpholine rings is 1. The largest absolute Gasteiger partial charge is 0.379 e. The average Bonchev–Trinajstić information content (AvgIpc) is 2.68. The van der Waals surface area contributed by atoms with Crippen molar-refractivity contribution in [3.8, 4) is 11.1 Å². The summed E-state index contributed by atoms with van der Waals surface area (Å²) in [6.45, 7) is 5.95. The topological polar surface area (TPSA) is 58.6 Å². The first-order valence-electron chi connectivity index (χ1n) is 9.04. The lowest BCUT2D eigenvalue weighted by molar-refractivity contribution is 0.0383. The Morgan fingerprint density at radius 2 is 1.93 bits per heavy atom. The summed E-state index contributed by atoms with van der Waals surface area (Å²) in [5, 5.41) is 2.91. The Balaban J connectivity index is 1.71. The molecule has 3 rings (SSSR count). The summed E-state index contributed by atoms with van der Waals surface area (Å²) in [4.78, 5) is 26.5. The molecule has 2 aromatic carbocycles. The Morgan fingerprint density at radius 3 is 2.67 bits per heavy atom. The van der Waals surface area contributed by atoms with Gasteiger partial charge in [-0.2, -0.15) is 0 Å². The maximum atomic E-state index is 13.7. The predicted molar refractivity (Wildman–Crippen MR) is 101 cm³/mol.